The lowest BCUT2D eigenvalue weighted by molar-refractivity contribution is -0.137. The Hall–Kier alpha value is -1.40. The number of hydrogen-bond acceptors (Lipinski definition) is 5. The molecular weight excluding hydrogens is 286 g/mol. The highest BCUT2D eigenvalue weighted by Gasteiger charge is 2.40. The molecule has 2 rings (SSSR count). The molecule has 0 aromatic rings. The van der Waals surface area contributed by atoms with E-state index in [0.29, 0.717) is 12.0 Å². The normalized spacial score (nSPS) is 30.7. The molecule has 0 aromatic carbocycles. The fraction of sp³-hybridized carbons (Fsp3) is 0.750. The molecule has 4 atom stereocenters. The molecule has 2 aliphatic rings. The van der Waals surface area contributed by atoms with Gasteiger partial charge in [0.15, 0.2) is 0 Å². The van der Waals surface area contributed by atoms with Gasteiger partial charge in [0.2, 0.25) is 5.91 Å². The van der Waals surface area contributed by atoms with Crippen molar-refractivity contribution in [2.75, 3.05) is 13.7 Å². The first kappa shape index (κ1) is 17.0. The topological polar surface area (TPSA) is 77.2 Å². The molecule has 1 fully saturated rings. The molecule has 124 valence electrons. The van der Waals surface area contributed by atoms with Gasteiger partial charge in [-0.25, -0.2) is 4.79 Å². The maximum absolute atomic E-state index is 11.9. The summed E-state index contributed by atoms with van der Waals surface area (Å²) in [5.41, 5.74) is 0.611. The minimum Gasteiger partial charge on any atom is -0.466 e. The summed E-state index contributed by atoms with van der Waals surface area (Å²) in [5.74, 6) is -0.335. The van der Waals surface area contributed by atoms with Crippen LogP contribution in [0.15, 0.2) is 11.6 Å². The second-order valence-corrected chi connectivity index (χ2v) is 6.21. The van der Waals surface area contributed by atoms with Crippen molar-refractivity contribution >= 4 is 11.9 Å². The maximum atomic E-state index is 11.9. The summed E-state index contributed by atoms with van der Waals surface area (Å²) in [4.78, 5) is 23.5. The molecule has 1 saturated heterocycles. The minimum atomic E-state index is -0.338. The van der Waals surface area contributed by atoms with Crippen LogP contribution in [-0.2, 0) is 23.8 Å². The molecule has 0 spiro atoms. The molecule has 0 saturated carbocycles. The molecule has 22 heavy (non-hydrogen) atoms. The number of ether oxygens (including phenoxy) is 3. The standard InChI is InChI=1S/C16H25NO5/c1-9(2)22-14-7-12(16(19)20-4)5-11(6-13-8-21-13)15(14)17-10(3)18/h7,9,11,13-15H,5-6,8H2,1-4H3,(H,17,18)/t11?,13?,14-,15-/m1/s1. The Labute approximate surface area is 131 Å². The number of amides is 1. The first-order valence-electron chi connectivity index (χ1n) is 7.74. The van der Waals surface area contributed by atoms with E-state index in [2.05, 4.69) is 5.32 Å². The van der Waals surface area contributed by atoms with Crippen molar-refractivity contribution in [3.05, 3.63) is 11.6 Å². The van der Waals surface area contributed by atoms with Crippen LogP contribution >= 0.6 is 0 Å². The monoisotopic (exact) mass is 311 g/mol. The van der Waals surface area contributed by atoms with Crippen LogP contribution in [0.25, 0.3) is 0 Å². The van der Waals surface area contributed by atoms with Crippen LogP contribution in [0.2, 0.25) is 0 Å². The summed E-state index contributed by atoms with van der Waals surface area (Å²) in [6, 6.07) is -0.155. The summed E-state index contributed by atoms with van der Waals surface area (Å²) in [5, 5.41) is 2.98. The van der Waals surface area contributed by atoms with Crippen LogP contribution in [-0.4, -0.2) is 49.9 Å². The predicted octanol–water partition coefficient (Wildman–Crippen LogP) is 1.19. The average molecular weight is 311 g/mol. The van der Waals surface area contributed by atoms with Gasteiger partial charge in [0.25, 0.3) is 0 Å². The highest BCUT2D eigenvalue weighted by Crippen LogP contribution is 2.34. The number of esters is 1. The van der Waals surface area contributed by atoms with E-state index >= 15 is 0 Å². The van der Waals surface area contributed by atoms with E-state index < -0.39 is 0 Å². The average Bonchev–Trinajstić information content (AvgIpc) is 3.24. The zero-order chi connectivity index (χ0) is 16.3. The number of hydrogen-bond donors (Lipinski definition) is 1. The third-order valence-electron chi connectivity index (χ3n) is 3.92. The van der Waals surface area contributed by atoms with E-state index in [1.54, 1.807) is 6.08 Å². The number of carbonyl (C=O) groups is 2. The molecule has 0 radical (unpaired) electrons. The van der Waals surface area contributed by atoms with Crippen LogP contribution in [0, 0.1) is 5.92 Å². The molecule has 6 heteroatoms. The van der Waals surface area contributed by atoms with E-state index in [4.69, 9.17) is 14.2 Å². The zero-order valence-corrected chi connectivity index (χ0v) is 13.6. The molecule has 6 nitrogen and oxygen atoms in total. The van der Waals surface area contributed by atoms with E-state index in [1.807, 2.05) is 13.8 Å². The van der Waals surface area contributed by atoms with Crippen LogP contribution < -0.4 is 5.32 Å². The summed E-state index contributed by atoms with van der Waals surface area (Å²) in [6.07, 6.45) is 3.03. The van der Waals surface area contributed by atoms with Crippen molar-refractivity contribution in [2.24, 2.45) is 5.92 Å². The van der Waals surface area contributed by atoms with Gasteiger partial charge in [-0.15, -0.1) is 0 Å². The van der Waals surface area contributed by atoms with E-state index in [0.717, 1.165) is 13.0 Å². The van der Waals surface area contributed by atoms with Gasteiger partial charge in [-0.2, -0.15) is 0 Å². The van der Waals surface area contributed by atoms with Crippen molar-refractivity contribution in [3.8, 4) is 0 Å². The Morgan fingerprint density at radius 1 is 1.45 bits per heavy atom. The fourth-order valence-corrected chi connectivity index (χ4v) is 2.97. The zero-order valence-electron chi connectivity index (χ0n) is 13.6. The first-order valence-corrected chi connectivity index (χ1v) is 7.74. The van der Waals surface area contributed by atoms with E-state index in [-0.39, 0.29) is 42.1 Å². The summed E-state index contributed by atoms with van der Waals surface area (Å²) >= 11 is 0. The van der Waals surface area contributed by atoms with Gasteiger partial charge < -0.3 is 19.5 Å². The second-order valence-electron chi connectivity index (χ2n) is 6.21. The van der Waals surface area contributed by atoms with Crippen molar-refractivity contribution in [2.45, 2.75) is 58.0 Å². The maximum Gasteiger partial charge on any atom is 0.333 e. The SMILES string of the molecule is COC(=O)C1=C[C@@H](OC(C)C)[C@H](NC(C)=O)C(CC2CO2)C1. The van der Waals surface area contributed by atoms with Crippen molar-refractivity contribution in [3.63, 3.8) is 0 Å². The van der Waals surface area contributed by atoms with Crippen LogP contribution in [0.4, 0.5) is 0 Å². The number of methoxy groups -OCH3 is 1. The lowest BCUT2D eigenvalue weighted by Gasteiger charge is -2.37. The van der Waals surface area contributed by atoms with Crippen molar-refractivity contribution in [1.82, 2.24) is 5.32 Å². The number of epoxide rings is 1. The Morgan fingerprint density at radius 3 is 2.64 bits per heavy atom. The molecule has 1 N–H and O–H groups in total. The summed E-state index contributed by atoms with van der Waals surface area (Å²) in [6.45, 7) is 6.11. The van der Waals surface area contributed by atoms with Crippen LogP contribution in [0.5, 0.6) is 0 Å². The molecular formula is C16H25NO5. The fourth-order valence-electron chi connectivity index (χ4n) is 2.97. The first-order chi connectivity index (χ1) is 10.4. The third kappa shape index (κ3) is 4.55. The van der Waals surface area contributed by atoms with Crippen LogP contribution in [0.1, 0.15) is 33.6 Å². The Morgan fingerprint density at radius 2 is 2.14 bits per heavy atom. The van der Waals surface area contributed by atoms with Gasteiger partial charge in [-0.1, -0.05) is 0 Å². The summed E-state index contributed by atoms with van der Waals surface area (Å²) < 4.78 is 16.1. The van der Waals surface area contributed by atoms with Crippen molar-refractivity contribution in [1.29, 1.82) is 0 Å². The lowest BCUT2D eigenvalue weighted by atomic mass is 9.79. The molecule has 1 aliphatic carbocycles. The molecule has 0 bridgehead atoms. The Balaban J connectivity index is 2.23. The molecule has 1 heterocycles. The third-order valence-corrected chi connectivity index (χ3v) is 3.92. The van der Waals surface area contributed by atoms with Gasteiger partial charge in [-0.3, -0.25) is 4.79 Å². The smallest absolute Gasteiger partial charge is 0.333 e. The van der Waals surface area contributed by atoms with E-state index in [1.165, 1.54) is 14.0 Å². The quantitative estimate of drug-likeness (QED) is 0.589. The van der Waals surface area contributed by atoms with Gasteiger partial charge in [-0.05, 0) is 38.7 Å². The minimum absolute atomic E-state index is 0.00710. The molecule has 2 unspecified atom stereocenters. The van der Waals surface area contributed by atoms with Crippen molar-refractivity contribution < 1.29 is 23.8 Å². The second kappa shape index (κ2) is 7.24. The number of nitrogens with one attached hydrogen (secondary N) is 1. The van der Waals surface area contributed by atoms with Gasteiger partial charge in [0.1, 0.15) is 0 Å². The van der Waals surface area contributed by atoms with Crippen LogP contribution in [0.3, 0.4) is 0 Å². The van der Waals surface area contributed by atoms with Gasteiger partial charge in [0.05, 0.1) is 38.1 Å². The largest absolute Gasteiger partial charge is 0.466 e. The predicted molar refractivity (Wildman–Crippen MR) is 80.2 cm³/mol. The lowest BCUT2D eigenvalue weighted by Crippen LogP contribution is -2.51. The van der Waals surface area contributed by atoms with Gasteiger partial charge in [0, 0.05) is 12.5 Å². The highest BCUT2D eigenvalue weighted by molar-refractivity contribution is 5.88. The molecule has 1 amide bonds. The summed E-state index contributed by atoms with van der Waals surface area (Å²) in [7, 11) is 1.38. The molecule has 1 aliphatic heterocycles. The number of rotatable bonds is 6. The molecule has 0 aromatic heterocycles. The van der Waals surface area contributed by atoms with Gasteiger partial charge >= 0.3 is 5.97 Å². The van der Waals surface area contributed by atoms with E-state index in [9.17, 15) is 9.59 Å². The Kier molecular flexibility index (Phi) is 5.58. The highest BCUT2D eigenvalue weighted by atomic mass is 16.6. The Bertz CT molecular complexity index is 455. The number of carbonyl (C=O) groups excluding carboxylic acids is 2.